The van der Waals surface area contributed by atoms with E-state index < -0.39 is 5.97 Å². The molecule has 4 rings (SSSR count). The van der Waals surface area contributed by atoms with Crippen molar-refractivity contribution in [3.63, 3.8) is 0 Å². The van der Waals surface area contributed by atoms with E-state index in [1.807, 2.05) is 47.0 Å². The Kier molecular flexibility index (Phi) is 6.18. The highest BCUT2D eigenvalue weighted by molar-refractivity contribution is 6.28. The predicted molar refractivity (Wildman–Crippen MR) is 118 cm³/mol. The first-order valence-corrected chi connectivity index (χ1v) is 10.0. The van der Waals surface area contributed by atoms with Crippen LogP contribution in [0.25, 0.3) is 22.9 Å². The Morgan fingerprint density at radius 2 is 2.10 bits per heavy atom. The number of nitrogens with one attached hydrogen (secondary N) is 1. The zero-order valence-corrected chi connectivity index (χ0v) is 17.5. The Hall–Kier alpha value is -3.78. The third kappa shape index (κ3) is 4.87. The zero-order valence-electron chi connectivity index (χ0n) is 16.7. The van der Waals surface area contributed by atoms with Gasteiger partial charge in [-0.3, -0.25) is 4.40 Å². The van der Waals surface area contributed by atoms with Gasteiger partial charge < -0.3 is 10.1 Å². The van der Waals surface area contributed by atoms with Gasteiger partial charge >= 0.3 is 5.97 Å². The first kappa shape index (κ1) is 20.5. The van der Waals surface area contributed by atoms with Crippen LogP contribution in [0.1, 0.15) is 18.1 Å². The molecule has 0 radical (unpaired) electrons. The predicted octanol–water partition coefficient (Wildman–Crippen LogP) is 4.03. The molecule has 0 atom stereocenters. The molecule has 0 saturated heterocycles. The summed E-state index contributed by atoms with van der Waals surface area (Å²) >= 11 is 5.95. The number of carbonyl (C=O) groups excluding carboxylic acids is 1. The maximum atomic E-state index is 11.6. The van der Waals surface area contributed by atoms with Gasteiger partial charge in [0.2, 0.25) is 5.28 Å². The molecule has 0 saturated carbocycles. The van der Waals surface area contributed by atoms with Crippen molar-refractivity contribution in [1.82, 2.24) is 24.6 Å². The molecule has 1 N–H and O–H groups in total. The summed E-state index contributed by atoms with van der Waals surface area (Å²) in [7, 11) is 0. The molecular formula is C22H19ClN6O2. The number of aromatic nitrogens is 5. The molecule has 0 amide bonds. The Morgan fingerprint density at radius 1 is 1.26 bits per heavy atom. The van der Waals surface area contributed by atoms with Crippen LogP contribution in [0.4, 0.5) is 5.82 Å². The average Bonchev–Trinajstić information content (AvgIpc) is 3.27. The number of anilines is 1. The van der Waals surface area contributed by atoms with Crippen molar-refractivity contribution in [2.75, 3.05) is 11.9 Å². The number of nitrogens with zero attached hydrogens (tertiary/aromatic N) is 5. The van der Waals surface area contributed by atoms with Gasteiger partial charge in [0.25, 0.3) is 0 Å². The van der Waals surface area contributed by atoms with Crippen LogP contribution in [-0.4, -0.2) is 37.1 Å². The van der Waals surface area contributed by atoms with Gasteiger partial charge in [0.1, 0.15) is 12.1 Å². The van der Waals surface area contributed by atoms with Gasteiger partial charge in [-0.2, -0.15) is 0 Å². The van der Waals surface area contributed by atoms with Gasteiger partial charge in [0.05, 0.1) is 6.61 Å². The molecule has 3 aromatic heterocycles. The van der Waals surface area contributed by atoms with Crippen LogP contribution >= 0.6 is 11.6 Å². The maximum absolute atomic E-state index is 11.6. The molecule has 31 heavy (non-hydrogen) atoms. The number of hydrogen-bond donors (Lipinski definition) is 1. The summed E-state index contributed by atoms with van der Waals surface area (Å²) in [6.07, 6.45) is 8.08. The van der Waals surface area contributed by atoms with Crippen LogP contribution in [-0.2, 0) is 16.1 Å². The Labute approximate surface area is 183 Å². The van der Waals surface area contributed by atoms with Crippen LogP contribution in [0, 0.1) is 0 Å². The number of carbonyl (C=O) groups is 1. The summed E-state index contributed by atoms with van der Waals surface area (Å²) in [5, 5.41) is 11.5. The molecule has 0 bridgehead atoms. The molecule has 4 aromatic rings. The van der Waals surface area contributed by atoms with Crippen molar-refractivity contribution in [3.8, 4) is 11.1 Å². The second kappa shape index (κ2) is 9.36. The van der Waals surface area contributed by atoms with E-state index in [2.05, 4.69) is 25.5 Å². The number of ether oxygens (including phenoxy) is 1. The quantitative estimate of drug-likeness (QED) is 0.266. The van der Waals surface area contributed by atoms with E-state index in [1.165, 1.54) is 6.08 Å². The number of pyridine rings is 1. The minimum absolute atomic E-state index is 0.118. The van der Waals surface area contributed by atoms with E-state index in [9.17, 15) is 4.79 Å². The minimum atomic E-state index is -0.429. The molecule has 0 aliphatic heterocycles. The molecule has 9 heteroatoms. The van der Waals surface area contributed by atoms with E-state index in [1.54, 1.807) is 25.5 Å². The summed E-state index contributed by atoms with van der Waals surface area (Å²) in [6.45, 7) is 2.58. The van der Waals surface area contributed by atoms with E-state index in [-0.39, 0.29) is 5.28 Å². The number of halogens is 1. The fraction of sp³-hybridized carbons (Fsp3) is 0.136. The number of fused-ring (bicyclic) bond motifs is 1. The highest BCUT2D eigenvalue weighted by Crippen LogP contribution is 2.24. The van der Waals surface area contributed by atoms with E-state index in [0.717, 1.165) is 22.3 Å². The van der Waals surface area contributed by atoms with Crippen molar-refractivity contribution >= 4 is 35.1 Å². The highest BCUT2D eigenvalue weighted by Gasteiger charge is 2.08. The van der Waals surface area contributed by atoms with E-state index in [0.29, 0.717) is 24.5 Å². The lowest BCUT2D eigenvalue weighted by molar-refractivity contribution is -0.137. The Balaban J connectivity index is 1.49. The lowest BCUT2D eigenvalue weighted by Crippen LogP contribution is -2.05. The molecule has 1 aromatic carbocycles. The molecule has 3 heterocycles. The van der Waals surface area contributed by atoms with Crippen LogP contribution in [0.3, 0.4) is 0 Å². The van der Waals surface area contributed by atoms with Crippen LogP contribution in [0.5, 0.6) is 0 Å². The normalized spacial score (nSPS) is 11.2. The number of benzene rings is 1. The Bertz CT molecular complexity index is 1240. The fourth-order valence-electron chi connectivity index (χ4n) is 3.05. The molecular weight excluding hydrogens is 416 g/mol. The van der Waals surface area contributed by atoms with Gasteiger partial charge in [0, 0.05) is 36.1 Å². The number of esters is 1. The first-order chi connectivity index (χ1) is 15.1. The van der Waals surface area contributed by atoms with E-state index in [4.69, 9.17) is 16.3 Å². The molecule has 0 fully saturated rings. The SMILES string of the molecule is CCOC(=O)/C=C/c1cnc(Cl)nc1NCc1ccc(-c2cccn3cnnc23)cc1. The maximum Gasteiger partial charge on any atom is 0.330 e. The molecule has 8 nitrogen and oxygen atoms in total. The van der Waals surface area contributed by atoms with Gasteiger partial charge in [-0.15, -0.1) is 10.2 Å². The summed E-state index contributed by atoms with van der Waals surface area (Å²) in [6, 6.07) is 12.1. The molecule has 0 aliphatic carbocycles. The van der Waals surface area contributed by atoms with Gasteiger partial charge in [-0.05, 0) is 47.9 Å². The molecule has 0 unspecified atom stereocenters. The monoisotopic (exact) mass is 434 g/mol. The highest BCUT2D eigenvalue weighted by atomic mass is 35.5. The average molecular weight is 435 g/mol. The number of hydrogen-bond acceptors (Lipinski definition) is 7. The van der Waals surface area contributed by atoms with Gasteiger partial charge in [0.15, 0.2) is 5.65 Å². The van der Waals surface area contributed by atoms with Crippen molar-refractivity contribution in [2.24, 2.45) is 0 Å². The van der Waals surface area contributed by atoms with Crippen molar-refractivity contribution < 1.29 is 9.53 Å². The second-order valence-corrected chi connectivity index (χ2v) is 6.90. The summed E-state index contributed by atoms with van der Waals surface area (Å²) in [5.74, 6) is 0.0968. The lowest BCUT2D eigenvalue weighted by atomic mass is 10.0. The summed E-state index contributed by atoms with van der Waals surface area (Å²) in [4.78, 5) is 19.8. The minimum Gasteiger partial charge on any atom is -0.463 e. The van der Waals surface area contributed by atoms with Crippen molar-refractivity contribution in [2.45, 2.75) is 13.5 Å². The fourth-order valence-corrected chi connectivity index (χ4v) is 3.18. The molecule has 0 aliphatic rings. The topological polar surface area (TPSA) is 94.3 Å². The third-order valence-electron chi connectivity index (χ3n) is 4.52. The van der Waals surface area contributed by atoms with Crippen molar-refractivity contribution in [3.05, 3.63) is 77.6 Å². The zero-order chi connectivity index (χ0) is 21.6. The van der Waals surface area contributed by atoms with Crippen LogP contribution in [0.2, 0.25) is 5.28 Å². The summed E-state index contributed by atoms with van der Waals surface area (Å²) in [5.41, 5.74) is 4.54. The third-order valence-corrected chi connectivity index (χ3v) is 4.70. The first-order valence-electron chi connectivity index (χ1n) is 9.63. The molecule has 0 spiro atoms. The summed E-state index contributed by atoms with van der Waals surface area (Å²) < 4.78 is 6.79. The van der Waals surface area contributed by atoms with Crippen LogP contribution in [0.15, 0.2) is 61.2 Å². The second-order valence-electron chi connectivity index (χ2n) is 6.56. The van der Waals surface area contributed by atoms with Crippen molar-refractivity contribution in [1.29, 1.82) is 0 Å². The van der Waals surface area contributed by atoms with Crippen LogP contribution < -0.4 is 5.32 Å². The number of rotatable bonds is 7. The standard InChI is InChI=1S/C22H19ClN6O2/c1-2-31-19(30)10-9-17-13-25-22(23)27-20(17)24-12-15-5-7-16(8-6-15)18-4-3-11-29-14-26-28-21(18)29/h3-11,13-14H,2,12H2,1H3,(H,24,25,27)/b10-9+. The Morgan fingerprint density at radius 3 is 2.90 bits per heavy atom. The molecule has 156 valence electrons. The van der Waals surface area contributed by atoms with E-state index >= 15 is 0 Å². The largest absolute Gasteiger partial charge is 0.463 e. The van der Waals surface area contributed by atoms with Gasteiger partial charge in [-0.25, -0.2) is 14.8 Å². The smallest absolute Gasteiger partial charge is 0.330 e. The lowest BCUT2D eigenvalue weighted by Gasteiger charge is -2.10. The van der Waals surface area contributed by atoms with Gasteiger partial charge in [-0.1, -0.05) is 24.3 Å².